The summed E-state index contributed by atoms with van der Waals surface area (Å²) in [5.41, 5.74) is 1.81. The smallest absolute Gasteiger partial charge is 0.235 e. The van der Waals surface area contributed by atoms with Crippen molar-refractivity contribution in [2.45, 2.75) is 38.0 Å². The van der Waals surface area contributed by atoms with E-state index in [2.05, 4.69) is 27.2 Å². The maximum Gasteiger partial charge on any atom is 0.235 e. The Morgan fingerprint density at radius 2 is 1.75 bits per heavy atom. The fourth-order valence-electron chi connectivity index (χ4n) is 4.85. The zero-order valence-electron chi connectivity index (χ0n) is 18.2. The van der Waals surface area contributed by atoms with Gasteiger partial charge in [-0.05, 0) is 67.8 Å². The molecule has 0 aromatic heterocycles. The summed E-state index contributed by atoms with van der Waals surface area (Å²) in [5.74, 6) is -0.453. The Morgan fingerprint density at radius 1 is 1.06 bits per heavy atom. The van der Waals surface area contributed by atoms with Gasteiger partial charge < -0.3 is 10.2 Å². The number of amides is 1. The van der Waals surface area contributed by atoms with Crippen molar-refractivity contribution in [2.24, 2.45) is 0 Å². The van der Waals surface area contributed by atoms with Gasteiger partial charge in [0.05, 0.1) is 16.1 Å². The van der Waals surface area contributed by atoms with E-state index in [-0.39, 0.29) is 23.3 Å². The van der Waals surface area contributed by atoms with E-state index in [1.165, 1.54) is 17.8 Å². The Morgan fingerprint density at radius 3 is 2.41 bits per heavy atom. The maximum atomic E-state index is 14.0. The number of anilines is 2. The largest absolute Gasteiger partial charge is 0.369 e. The molecule has 0 radical (unpaired) electrons. The van der Waals surface area contributed by atoms with Crippen molar-refractivity contribution in [3.05, 3.63) is 57.8 Å². The van der Waals surface area contributed by atoms with Crippen LogP contribution in [0.25, 0.3) is 0 Å². The Bertz CT molecular complexity index is 948. The summed E-state index contributed by atoms with van der Waals surface area (Å²) in [4.78, 5) is 17.7. The molecule has 8 heteroatoms. The Hall–Kier alpha value is -1.53. The number of halogens is 4. The molecule has 1 saturated heterocycles. The number of hydrogen-bond donors (Lipinski definition) is 1. The Labute approximate surface area is 205 Å². The number of benzene rings is 2. The SMILES string of the molecule is CCC1(CCCCN2CCN(c3ccc(Cl)cc3)CC2)C(=O)Nc2c(Cl)cc(F)cc21.Cl. The summed E-state index contributed by atoms with van der Waals surface area (Å²) < 4.78 is 14.0. The molecule has 1 amide bonds. The van der Waals surface area contributed by atoms with Gasteiger partial charge in [0.25, 0.3) is 0 Å². The topological polar surface area (TPSA) is 35.6 Å². The first kappa shape index (κ1) is 25.1. The summed E-state index contributed by atoms with van der Waals surface area (Å²) >= 11 is 12.2. The molecular weight excluding hydrogens is 472 g/mol. The van der Waals surface area contributed by atoms with Gasteiger partial charge in [-0.1, -0.05) is 36.5 Å². The molecule has 1 atom stereocenters. The number of piperazine rings is 1. The molecule has 4 nitrogen and oxygen atoms in total. The molecule has 0 saturated carbocycles. The Kier molecular flexibility index (Phi) is 8.31. The number of unbranched alkanes of at least 4 members (excludes halogenated alkanes) is 1. The highest BCUT2D eigenvalue weighted by molar-refractivity contribution is 6.34. The summed E-state index contributed by atoms with van der Waals surface area (Å²) in [6.07, 6.45) is 3.25. The van der Waals surface area contributed by atoms with Gasteiger partial charge in [0.1, 0.15) is 5.82 Å². The highest BCUT2D eigenvalue weighted by Crippen LogP contribution is 2.47. The van der Waals surface area contributed by atoms with Crippen LogP contribution in [0.1, 0.15) is 38.2 Å². The highest BCUT2D eigenvalue weighted by atomic mass is 35.5. The zero-order valence-corrected chi connectivity index (χ0v) is 20.5. The van der Waals surface area contributed by atoms with Crippen LogP contribution in [0.2, 0.25) is 10.0 Å². The van der Waals surface area contributed by atoms with E-state index in [1.54, 1.807) is 0 Å². The molecule has 174 valence electrons. The van der Waals surface area contributed by atoms with Crippen molar-refractivity contribution in [2.75, 3.05) is 42.9 Å². The maximum absolute atomic E-state index is 14.0. The minimum Gasteiger partial charge on any atom is -0.369 e. The molecule has 2 aliphatic heterocycles. The molecule has 2 aromatic carbocycles. The molecule has 2 heterocycles. The third-order valence-corrected chi connectivity index (χ3v) is 7.29. The lowest BCUT2D eigenvalue weighted by Crippen LogP contribution is -2.46. The van der Waals surface area contributed by atoms with Gasteiger partial charge in [0, 0.05) is 36.9 Å². The number of rotatable bonds is 7. The van der Waals surface area contributed by atoms with Crippen molar-refractivity contribution in [3.63, 3.8) is 0 Å². The van der Waals surface area contributed by atoms with Gasteiger partial charge in [-0.15, -0.1) is 12.4 Å². The van der Waals surface area contributed by atoms with E-state index in [9.17, 15) is 9.18 Å². The number of fused-ring (bicyclic) bond motifs is 1. The molecule has 0 spiro atoms. The van der Waals surface area contributed by atoms with Gasteiger partial charge in [-0.2, -0.15) is 0 Å². The lowest BCUT2D eigenvalue weighted by Gasteiger charge is -2.36. The second-order valence-corrected chi connectivity index (χ2v) is 9.31. The average Bonchev–Trinajstić information content (AvgIpc) is 3.04. The van der Waals surface area contributed by atoms with Crippen LogP contribution >= 0.6 is 35.6 Å². The summed E-state index contributed by atoms with van der Waals surface area (Å²) in [6.45, 7) is 7.02. The second kappa shape index (κ2) is 10.6. The normalized spacial score (nSPS) is 20.6. The molecule has 1 fully saturated rings. The summed E-state index contributed by atoms with van der Waals surface area (Å²) in [6, 6.07) is 10.7. The Balaban J connectivity index is 0.00000289. The van der Waals surface area contributed by atoms with Crippen molar-refractivity contribution in [3.8, 4) is 0 Å². The number of carbonyl (C=O) groups is 1. The average molecular weight is 501 g/mol. The molecule has 32 heavy (non-hydrogen) atoms. The van der Waals surface area contributed by atoms with Crippen LogP contribution in [-0.2, 0) is 10.2 Å². The van der Waals surface area contributed by atoms with Crippen LogP contribution in [0, 0.1) is 5.82 Å². The predicted molar refractivity (Wildman–Crippen MR) is 133 cm³/mol. The highest BCUT2D eigenvalue weighted by Gasteiger charge is 2.45. The number of hydrogen-bond acceptors (Lipinski definition) is 3. The van der Waals surface area contributed by atoms with E-state index in [0.717, 1.165) is 50.6 Å². The van der Waals surface area contributed by atoms with Crippen molar-refractivity contribution < 1.29 is 9.18 Å². The van der Waals surface area contributed by atoms with Crippen LogP contribution in [0.15, 0.2) is 36.4 Å². The molecule has 0 aliphatic carbocycles. The minimum absolute atomic E-state index is 0. The molecule has 4 rings (SSSR count). The minimum atomic E-state index is -0.686. The molecule has 2 aromatic rings. The summed E-state index contributed by atoms with van der Waals surface area (Å²) in [7, 11) is 0. The zero-order chi connectivity index (χ0) is 22.0. The third kappa shape index (κ3) is 5.01. The van der Waals surface area contributed by atoms with Crippen LogP contribution in [-0.4, -0.2) is 43.5 Å². The third-order valence-electron chi connectivity index (χ3n) is 6.74. The first-order valence-corrected chi connectivity index (χ1v) is 11.7. The number of nitrogens with zero attached hydrogens (tertiary/aromatic N) is 2. The summed E-state index contributed by atoms with van der Waals surface area (Å²) in [5, 5.41) is 3.92. The first-order valence-electron chi connectivity index (χ1n) is 11.0. The fraction of sp³-hybridized carbons (Fsp3) is 0.458. The standard InChI is InChI=1S/C24H28Cl2FN3O.ClH/c1-2-24(20-15-18(27)16-21(26)22(20)28-23(24)31)9-3-4-10-29-11-13-30(14-12-29)19-7-5-17(25)6-8-19;/h5-8,15-16H,2-4,9-14H2,1H3,(H,28,31);1H. The number of carbonyl (C=O) groups excluding carboxylic acids is 1. The van der Waals surface area contributed by atoms with E-state index in [0.29, 0.717) is 24.1 Å². The molecule has 0 bridgehead atoms. The van der Waals surface area contributed by atoms with Gasteiger partial charge >= 0.3 is 0 Å². The quantitative estimate of drug-likeness (QED) is 0.463. The molecule has 1 N–H and O–H groups in total. The lowest BCUT2D eigenvalue weighted by atomic mass is 9.75. The first-order chi connectivity index (χ1) is 14.9. The predicted octanol–water partition coefficient (Wildman–Crippen LogP) is 6.15. The molecule has 2 aliphatic rings. The van der Waals surface area contributed by atoms with E-state index < -0.39 is 11.2 Å². The monoisotopic (exact) mass is 499 g/mol. The number of nitrogens with one attached hydrogen (secondary N) is 1. The van der Waals surface area contributed by atoms with Crippen molar-refractivity contribution in [1.82, 2.24) is 4.90 Å². The van der Waals surface area contributed by atoms with Crippen LogP contribution in [0.3, 0.4) is 0 Å². The lowest BCUT2D eigenvalue weighted by molar-refractivity contribution is -0.121. The van der Waals surface area contributed by atoms with Gasteiger partial charge in [-0.3, -0.25) is 9.69 Å². The van der Waals surface area contributed by atoms with Gasteiger partial charge in [-0.25, -0.2) is 4.39 Å². The van der Waals surface area contributed by atoms with E-state index in [1.807, 2.05) is 19.1 Å². The fourth-order valence-corrected chi connectivity index (χ4v) is 5.23. The molecular formula is C24H29Cl3FN3O. The van der Waals surface area contributed by atoms with Crippen LogP contribution < -0.4 is 10.2 Å². The second-order valence-electron chi connectivity index (χ2n) is 8.46. The van der Waals surface area contributed by atoms with Crippen LogP contribution in [0.5, 0.6) is 0 Å². The van der Waals surface area contributed by atoms with Gasteiger partial charge in [0.2, 0.25) is 5.91 Å². The van der Waals surface area contributed by atoms with Gasteiger partial charge in [0.15, 0.2) is 0 Å². The van der Waals surface area contributed by atoms with E-state index >= 15 is 0 Å². The van der Waals surface area contributed by atoms with E-state index in [4.69, 9.17) is 23.2 Å². The van der Waals surface area contributed by atoms with Crippen molar-refractivity contribution >= 4 is 52.9 Å². The van der Waals surface area contributed by atoms with Crippen LogP contribution in [0.4, 0.5) is 15.8 Å². The van der Waals surface area contributed by atoms with Crippen molar-refractivity contribution in [1.29, 1.82) is 0 Å². The molecule has 1 unspecified atom stereocenters.